The SMILES string of the molecule is CCCN(C)S(=O)(=O)NC(=O)c1cc(-n2c(=O)cc(C(F)(F)F)n(C)c2=O)ccc1Cl. The number of alkyl halides is 3. The second kappa shape index (κ2) is 8.85. The molecule has 1 heterocycles. The molecule has 0 radical (unpaired) electrons. The second-order valence-corrected chi connectivity index (χ2v) is 8.65. The molecule has 14 heteroatoms. The molecule has 9 nitrogen and oxygen atoms in total. The van der Waals surface area contributed by atoms with Gasteiger partial charge in [-0.3, -0.25) is 14.2 Å². The van der Waals surface area contributed by atoms with Gasteiger partial charge >= 0.3 is 22.1 Å². The van der Waals surface area contributed by atoms with Gasteiger partial charge in [-0.25, -0.2) is 14.1 Å². The van der Waals surface area contributed by atoms with E-state index >= 15 is 0 Å². The molecule has 0 saturated heterocycles. The number of nitrogens with zero attached hydrogens (tertiary/aromatic N) is 3. The lowest BCUT2D eigenvalue weighted by Gasteiger charge is -2.17. The van der Waals surface area contributed by atoms with Gasteiger partial charge in [0.25, 0.3) is 11.5 Å². The topological polar surface area (TPSA) is 110 Å². The van der Waals surface area contributed by atoms with Gasteiger partial charge < -0.3 is 0 Å². The zero-order valence-corrected chi connectivity index (χ0v) is 18.1. The van der Waals surface area contributed by atoms with Gasteiger partial charge in [-0.05, 0) is 24.6 Å². The number of nitrogens with one attached hydrogen (secondary N) is 1. The number of benzene rings is 1. The van der Waals surface area contributed by atoms with Gasteiger partial charge in [0.1, 0.15) is 5.69 Å². The fourth-order valence-corrected chi connectivity index (χ4v) is 3.77. The van der Waals surface area contributed by atoms with E-state index in [1.807, 2.05) is 0 Å². The molecular weight excluding hydrogens is 465 g/mol. The van der Waals surface area contributed by atoms with Gasteiger partial charge in [-0.2, -0.15) is 25.9 Å². The van der Waals surface area contributed by atoms with Crippen LogP contribution < -0.4 is 16.0 Å². The number of hydrogen-bond acceptors (Lipinski definition) is 5. The zero-order chi connectivity index (χ0) is 23.7. The van der Waals surface area contributed by atoms with Crippen LogP contribution in [0.3, 0.4) is 0 Å². The molecule has 0 atom stereocenters. The Balaban J connectivity index is 2.56. The maximum absolute atomic E-state index is 13.0. The normalized spacial score (nSPS) is 12.3. The van der Waals surface area contributed by atoms with E-state index in [2.05, 4.69) is 0 Å². The average Bonchev–Trinajstić information content (AvgIpc) is 2.64. The minimum absolute atomic E-state index is 0.132. The molecule has 0 spiro atoms. The van der Waals surface area contributed by atoms with Crippen LogP contribution in [0.25, 0.3) is 5.69 Å². The van der Waals surface area contributed by atoms with Crippen LogP contribution in [0, 0.1) is 0 Å². The van der Waals surface area contributed by atoms with Crippen LogP contribution in [0.4, 0.5) is 13.2 Å². The quantitative estimate of drug-likeness (QED) is 0.671. The van der Waals surface area contributed by atoms with Crippen molar-refractivity contribution < 1.29 is 26.4 Å². The van der Waals surface area contributed by atoms with Crippen LogP contribution in [0.15, 0.2) is 33.9 Å². The molecule has 0 aliphatic heterocycles. The van der Waals surface area contributed by atoms with E-state index in [0.29, 0.717) is 11.0 Å². The predicted octanol–water partition coefficient (Wildman–Crippen LogP) is 1.52. The van der Waals surface area contributed by atoms with E-state index in [0.717, 1.165) is 29.6 Å². The maximum atomic E-state index is 13.0. The van der Waals surface area contributed by atoms with Gasteiger partial charge in [0, 0.05) is 26.7 Å². The number of carbonyl (C=O) groups is 1. The lowest BCUT2D eigenvalue weighted by atomic mass is 10.2. The molecular formula is C17H18ClF3N4O5S. The van der Waals surface area contributed by atoms with Crippen molar-refractivity contribution in [3.63, 3.8) is 0 Å². The summed E-state index contributed by atoms with van der Waals surface area (Å²) in [5, 5.41) is -0.202. The summed E-state index contributed by atoms with van der Waals surface area (Å²) < 4.78 is 66.7. The molecule has 170 valence electrons. The predicted molar refractivity (Wildman–Crippen MR) is 107 cm³/mol. The smallest absolute Gasteiger partial charge is 0.292 e. The molecule has 2 rings (SSSR count). The highest BCUT2D eigenvalue weighted by molar-refractivity contribution is 7.87. The number of rotatable bonds is 6. The number of carbonyl (C=O) groups excluding carboxylic acids is 1. The van der Waals surface area contributed by atoms with Crippen molar-refractivity contribution in [2.24, 2.45) is 7.05 Å². The minimum Gasteiger partial charge on any atom is -0.292 e. The first-order valence-electron chi connectivity index (χ1n) is 8.69. The molecule has 0 bridgehead atoms. The van der Waals surface area contributed by atoms with E-state index in [9.17, 15) is 36.0 Å². The van der Waals surface area contributed by atoms with E-state index < -0.39 is 44.8 Å². The molecule has 31 heavy (non-hydrogen) atoms. The molecule has 0 unspecified atom stereocenters. The van der Waals surface area contributed by atoms with Crippen molar-refractivity contribution in [1.82, 2.24) is 18.2 Å². The van der Waals surface area contributed by atoms with Crippen LogP contribution in [0.5, 0.6) is 0 Å². The van der Waals surface area contributed by atoms with Crippen molar-refractivity contribution >= 4 is 27.7 Å². The average molecular weight is 483 g/mol. The summed E-state index contributed by atoms with van der Waals surface area (Å²) in [6.07, 6.45) is -4.45. The van der Waals surface area contributed by atoms with Gasteiger partial charge in [-0.1, -0.05) is 18.5 Å². The maximum Gasteiger partial charge on any atom is 0.431 e. The third kappa shape index (κ3) is 5.17. The highest BCUT2D eigenvalue weighted by atomic mass is 35.5. The van der Waals surface area contributed by atoms with Crippen LogP contribution in [-0.4, -0.2) is 41.4 Å². The fourth-order valence-electron chi connectivity index (χ4n) is 2.65. The Bertz CT molecular complexity index is 1240. The van der Waals surface area contributed by atoms with Gasteiger partial charge in [0.2, 0.25) is 0 Å². The summed E-state index contributed by atoms with van der Waals surface area (Å²) >= 11 is 5.96. The summed E-state index contributed by atoms with van der Waals surface area (Å²) in [7, 11) is -2.11. The summed E-state index contributed by atoms with van der Waals surface area (Å²) in [6, 6.07) is 3.41. The van der Waals surface area contributed by atoms with Crippen LogP contribution >= 0.6 is 11.6 Å². The lowest BCUT2D eigenvalue weighted by Crippen LogP contribution is -2.42. The van der Waals surface area contributed by atoms with E-state index in [1.54, 1.807) is 11.6 Å². The molecule has 0 aliphatic carbocycles. The third-order valence-electron chi connectivity index (χ3n) is 4.23. The van der Waals surface area contributed by atoms with E-state index in [1.165, 1.54) is 7.05 Å². The first-order chi connectivity index (χ1) is 14.2. The number of halogens is 4. The van der Waals surface area contributed by atoms with E-state index in [4.69, 9.17) is 11.6 Å². The Morgan fingerprint density at radius 3 is 2.39 bits per heavy atom. The summed E-state index contributed by atoms with van der Waals surface area (Å²) in [5.74, 6) is -1.15. The molecule has 0 saturated carbocycles. The van der Waals surface area contributed by atoms with Crippen molar-refractivity contribution in [3.05, 3.63) is 61.4 Å². The van der Waals surface area contributed by atoms with Crippen LogP contribution in [0.2, 0.25) is 5.02 Å². The highest BCUT2D eigenvalue weighted by Crippen LogP contribution is 2.27. The lowest BCUT2D eigenvalue weighted by molar-refractivity contribution is -0.144. The Hall–Kier alpha value is -2.64. The molecule has 1 amide bonds. The Kier molecular flexibility index (Phi) is 7.03. The summed E-state index contributed by atoms with van der Waals surface area (Å²) in [5.41, 5.74) is -4.73. The van der Waals surface area contributed by atoms with Gasteiger partial charge in [0.05, 0.1) is 16.3 Å². The van der Waals surface area contributed by atoms with Crippen molar-refractivity contribution in [1.29, 1.82) is 0 Å². The molecule has 1 aromatic carbocycles. The van der Waals surface area contributed by atoms with Crippen molar-refractivity contribution in [2.75, 3.05) is 13.6 Å². The van der Waals surface area contributed by atoms with Crippen molar-refractivity contribution in [3.8, 4) is 5.69 Å². The molecule has 1 aromatic heterocycles. The standard InChI is InChI=1S/C17H18ClF3N4O5S/c1-4-7-23(2)31(29,30)22-15(27)11-8-10(5-6-12(11)18)25-14(26)9-13(17(19,20)21)24(3)16(25)28/h5-6,8-9H,4,7H2,1-3H3,(H,22,27). The van der Waals surface area contributed by atoms with Crippen molar-refractivity contribution in [2.45, 2.75) is 19.5 Å². The largest absolute Gasteiger partial charge is 0.431 e. The number of amides is 1. The fraction of sp³-hybridized carbons (Fsp3) is 0.353. The third-order valence-corrected chi connectivity index (χ3v) is 6.01. The van der Waals surface area contributed by atoms with Gasteiger partial charge in [0.15, 0.2) is 0 Å². The summed E-state index contributed by atoms with van der Waals surface area (Å²) in [4.78, 5) is 37.1. The molecule has 0 fully saturated rings. The zero-order valence-electron chi connectivity index (χ0n) is 16.5. The second-order valence-electron chi connectivity index (χ2n) is 6.46. The molecule has 2 aromatic rings. The minimum atomic E-state index is -4.93. The van der Waals surface area contributed by atoms with Crippen LogP contribution in [0.1, 0.15) is 29.4 Å². The first-order valence-corrected chi connectivity index (χ1v) is 10.5. The molecule has 1 N–H and O–H groups in total. The monoisotopic (exact) mass is 482 g/mol. The summed E-state index contributed by atoms with van der Waals surface area (Å²) in [6.45, 7) is 1.86. The Labute approximate surface area is 179 Å². The number of aromatic nitrogens is 2. The number of hydrogen-bond donors (Lipinski definition) is 1. The van der Waals surface area contributed by atoms with Crippen LogP contribution in [-0.2, 0) is 23.4 Å². The van der Waals surface area contributed by atoms with Gasteiger partial charge in [-0.15, -0.1) is 0 Å². The molecule has 0 aliphatic rings. The highest BCUT2D eigenvalue weighted by Gasteiger charge is 2.35. The van der Waals surface area contributed by atoms with E-state index in [-0.39, 0.29) is 27.9 Å². The Morgan fingerprint density at radius 2 is 1.84 bits per heavy atom. The first kappa shape index (κ1) is 24.6. The Morgan fingerprint density at radius 1 is 1.23 bits per heavy atom.